The van der Waals surface area contributed by atoms with E-state index in [0.717, 1.165) is 32.7 Å². The molecule has 2 atom stereocenters. The molecule has 0 aromatic carbocycles. The van der Waals surface area contributed by atoms with Crippen LogP contribution in [-0.2, 0) is 4.74 Å². The first-order valence-corrected chi connectivity index (χ1v) is 7.38. The highest BCUT2D eigenvalue weighted by atomic mass is 16.5. The second-order valence-electron chi connectivity index (χ2n) is 6.09. The van der Waals surface area contributed by atoms with Gasteiger partial charge in [-0.3, -0.25) is 4.90 Å². The summed E-state index contributed by atoms with van der Waals surface area (Å²) in [4.78, 5) is 5.03. The van der Waals surface area contributed by atoms with E-state index in [9.17, 15) is 0 Å². The fourth-order valence-electron chi connectivity index (χ4n) is 3.21. The number of likely N-dealkylation sites (tertiary alicyclic amines) is 1. The number of likely N-dealkylation sites (N-methyl/N-ethyl adjacent to an activating group) is 1. The molecule has 2 unspecified atom stereocenters. The van der Waals surface area contributed by atoms with E-state index in [1.165, 1.54) is 32.5 Å². The lowest BCUT2D eigenvalue weighted by Gasteiger charge is -2.42. The lowest BCUT2D eigenvalue weighted by atomic mass is 9.83. The Morgan fingerprint density at radius 1 is 1.39 bits per heavy atom. The van der Waals surface area contributed by atoms with Crippen LogP contribution in [-0.4, -0.2) is 68.3 Å². The molecular formula is C14H29N3O. The van der Waals surface area contributed by atoms with Crippen LogP contribution in [0.15, 0.2) is 0 Å². The number of hydrogen-bond acceptors (Lipinski definition) is 4. The van der Waals surface area contributed by atoms with Crippen LogP contribution in [0.1, 0.15) is 26.2 Å². The van der Waals surface area contributed by atoms with E-state index < -0.39 is 0 Å². The van der Waals surface area contributed by atoms with Crippen molar-refractivity contribution >= 4 is 0 Å². The molecule has 4 nitrogen and oxygen atoms in total. The molecule has 2 saturated heterocycles. The molecule has 0 amide bonds. The van der Waals surface area contributed by atoms with Crippen molar-refractivity contribution in [3.63, 3.8) is 0 Å². The van der Waals surface area contributed by atoms with Gasteiger partial charge in [-0.1, -0.05) is 0 Å². The maximum atomic E-state index is 6.06. The normalized spacial score (nSPS) is 29.0. The summed E-state index contributed by atoms with van der Waals surface area (Å²) in [6.07, 6.45) is 3.89. The van der Waals surface area contributed by atoms with E-state index in [2.05, 4.69) is 23.8 Å². The highest BCUT2D eigenvalue weighted by Gasteiger charge is 2.38. The largest absolute Gasteiger partial charge is 0.381 e. The van der Waals surface area contributed by atoms with E-state index in [1.54, 1.807) is 0 Å². The van der Waals surface area contributed by atoms with Crippen LogP contribution in [0.3, 0.4) is 0 Å². The highest BCUT2D eigenvalue weighted by molar-refractivity contribution is 4.94. The number of hydrogen-bond donors (Lipinski definition) is 1. The maximum absolute atomic E-state index is 6.06. The SMILES string of the molecule is CN(CCN1CCCC1)C(C)(CN)C1CCOC1. The first-order valence-electron chi connectivity index (χ1n) is 7.38. The zero-order chi connectivity index (χ0) is 13.0. The summed E-state index contributed by atoms with van der Waals surface area (Å²) >= 11 is 0. The number of nitrogens with zero attached hydrogens (tertiary/aromatic N) is 2. The van der Waals surface area contributed by atoms with Gasteiger partial charge in [0.15, 0.2) is 0 Å². The van der Waals surface area contributed by atoms with Crippen LogP contribution in [0, 0.1) is 5.92 Å². The van der Waals surface area contributed by atoms with Crippen LogP contribution >= 0.6 is 0 Å². The van der Waals surface area contributed by atoms with Crippen molar-refractivity contribution in [2.75, 3.05) is 53.0 Å². The Morgan fingerprint density at radius 3 is 2.67 bits per heavy atom. The van der Waals surface area contributed by atoms with E-state index in [0.29, 0.717) is 5.92 Å². The summed E-state index contributed by atoms with van der Waals surface area (Å²) in [5.41, 5.74) is 6.15. The molecule has 2 rings (SSSR count). The molecule has 0 radical (unpaired) electrons. The summed E-state index contributed by atoms with van der Waals surface area (Å²) in [5, 5.41) is 0. The van der Waals surface area contributed by atoms with Crippen LogP contribution in [0.4, 0.5) is 0 Å². The third-order valence-corrected chi connectivity index (χ3v) is 5.04. The summed E-state index contributed by atoms with van der Waals surface area (Å²) in [6.45, 7) is 9.65. The van der Waals surface area contributed by atoms with E-state index in [1.807, 2.05) is 0 Å². The second kappa shape index (κ2) is 6.33. The predicted octanol–water partition coefficient (Wildman–Crippen LogP) is 0.768. The average molecular weight is 255 g/mol. The van der Waals surface area contributed by atoms with Gasteiger partial charge in [0.25, 0.3) is 0 Å². The molecule has 0 aromatic heterocycles. The smallest absolute Gasteiger partial charge is 0.0513 e. The van der Waals surface area contributed by atoms with E-state index in [-0.39, 0.29) is 5.54 Å². The Bertz CT molecular complexity index is 249. The average Bonchev–Trinajstić information content (AvgIpc) is 3.07. The van der Waals surface area contributed by atoms with E-state index in [4.69, 9.17) is 10.5 Å². The topological polar surface area (TPSA) is 41.7 Å². The molecule has 0 spiro atoms. The van der Waals surface area contributed by atoms with Gasteiger partial charge in [-0.25, -0.2) is 0 Å². The summed E-state index contributed by atoms with van der Waals surface area (Å²) < 4.78 is 5.54. The Morgan fingerprint density at radius 2 is 2.11 bits per heavy atom. The minimum atomic E-state index is 0.0935. The predicted molar refractivity (Wildman–Crippen MR) is 74.7 cm³/mol. The van der Waals surface area contributed by atoms with Crippen LogP contribution in [0.5, 0.6) is 0 Å². The van der Waals surface area contributed by atoms with Gasteiger partial charge in [-0.15, -0.1) is 0 Å². The van der Waals surface area contributed by atoms with Gasteiger partial charge in [0.1, 0.15) is 0 Å². The lowest BCUT2D eigenvalue weighted by Crippen LogP contribution is -2.56. The molecule has 0 aliphatic carbocycles. The van der Waals surface area contributed by atoms with Crippen LogP contribution in [0.25, 0.3) is 0 Å². The second-order valence-corrected chi connectivity index (χ2v) is 6.09. The van der Waals surface area contributed by atoms with Crippen molar-refractivity contribution in [3.05, 3.63) is 0 Å². The number of rotatable bonds is 6. The number of nitrogens with two attached hydrogens (primary N) is 1. The standard InChI is InChI=1S/C14H29N3O/c1-14(12-15,13-5-10-18-11-13)16(2)8-9-17-6-3-4-7-17/h13H,3-12,15H2,1-2H3. The maximum Gasteiger partial charge on any atom is 0.0513 e. The molecule has 4 heteroatoms. The molecule has 0 saturated carbocycles. The fraction of sp³-hybridized carbons (Fsp3) is 1.00. The third kappa shape index (κ3) is 3.05. The lowest BCUT2D eigenvalue weighted by molar-refractivity contribution is 0.0601. The molecule has 0 aromatic rings. The summed E-state index contributed by atoms with van der Waals surface area (Å²) in [5.74, 6) is 0.589. The van der Waals surface area contributed by atoms with Gasteiger partial charge < -0.3 is 15.4 Å². The summed E-state index contributed by atoms with van der Waals surface area (Å²) in [6, 6.07) is 0. The van der Waals surface area contributed by atoms with Crippen molar-refractivity contribution in [1.82, 2.24) is 9.80 Å². The molecule has 2 N–H and O–H groups in total. The van der Waals surface area contributed by atoms with Crippen LogP contribution in [0.2, 0.25) is 0 Å². The minimum Gasteiger partial charge on any atom is -0.381 e. The molecule has 2 aliphatic heterocycles. The van der Waals surface area contributed by atoms with Gasteiger partial charge in [0.05, 0.1) is 6.61 Å². The Balaban J connectivity index is 1.85. The van der Waals surface area contributed by atoms with Gasteiger partial charge in [0, 0.05) is 37.7 Å². The molecule has 106 valence electrons. The number of ether oxygens (including phenoxy) is 1. The van der Waals surface area contributed by atoms with Gasteiger partial charge in [-0.05, 0) is 46.3 Å². The van der Waals surface area contributed by atoms with Crippen LogP contribution < -0.4 is 5.73 Å². The van der Waals surface area contributed by atoms with Crippen molar-refractivity contribution in [2.24, 2.45) is 11.7 Å². The third-order valence-electron chi connectivity index (χ3n) is 5.04. The Kier molecular flexibility index (Phi) is 5.01. The molecule has 2 heterocycles. The minimum absolute atomic E-state index is 0.0935. The zero-order valence-electron chi connectivity index (χ0n) is 12.0. The monoisotopic (exact) mass is 255 g/mol. The van der Waals surface area contributed by atoms with Crippen molar-refractivity contribution < 1.29 is 4.74 Å². The fourth-order valence-corrected chi connectivity index (χ4v) is 3.21. The van der Waals surface area contributed by atoms with Gasteiger partial charge in [-0.2, -0.15) is 0 Å². The Hall–Kier alpha value is -0.160. The van der Waals surface area contributed by atoms with Crippen molar-refractivity contribution in [1.29, 1.82) is 0 Å². The van der Waals surface area contributed by atoms with Gasteiger partial charge in [0.2, 0.25) is 0 Å². The molecular weight excluding hydrogens is 226 g/mol. The zero-order valence-corrected chi connectivity index (χ0v) is 12.0. The molecule has 2 fully saturated rings. The quantitative estimate of drug-likeness (QED) is 0.761. The highest BCUT2D eigenvalue weighted by Crippen LogP contribution is 2.29. The first-order chi connectivity index (χ1) is 8.66. The molecule has 18 heavy (non-hydrogen) atoms. The Labute approximate surface area is 111 Å². The molecule has 2 aliphatic rings. The molecule has 0 bridgehead atoms. The first kappa shape index (κ1) is 14.3. The van der Waals surface area contributed by atoms with Crippen molar-refractivity contribution in [3.8, 4) is 0 Å². The summed E-state index contributed by atoms with van der Waals surface area (Å²) in [7, 11) is 2.22. The van der Waals surface area contributed by atoms with Gasteiger partial charge >= 0.3 is 0 Å². The van der Waals surface area contributed by atoms with Crippen molar-refractivity contribution in [2.45, 2.75) is 31.7 Å². The van der Waals surface area contributed by atoms with E-state index >= 15 is 0 Å².